The molecule has 0 aliphatic rings. The molecule has 0 aliphatic heterocycles. The van der Waals surface area contributed by atoms with E-state index in [1.54, 1.807) is 83.3 Å². The van der Waals surface area contributed by atoms with Gasteiger partial charge >= 0.3 is 6.09 Å². The lowest BCUT2D eigenvalue weighted by atomic mass is 10.0. The van der Waals surface area contributed by atoms with E-state index < -0.39 is 29.7 Å². The summed E-state index contributed by atoms with van der Waals surface area (Å²) in [7, 11) is 3.09. The summed E-state index contributed by atoms with van der Waals surface area (Å²) in [5.41, 5.74) is 0.514. The van der Waals surface area contributed by atoms with Gasteiger partial charge in [-0.25, -0.2) is 4.79 Å². The molecule has 0 bridgehead atoms. The molecular weight excluding hydrogens is 410 g/mol. The Bertz CT molecular complexity index is 923. The Kier molecular flexibility index (Phi) is 8.23. The van der Waals surface area contributed by atoms with E-state index in [1.165, 1.54) is 11.9 Å². The third-order valence-corrected chi connectivity index (χ3v) is 4.56. The van der Waals surface area contributed by atoms with Gasteiger partial charge in [0.25, 0.3) is 5.91 Å². The van der Waals surface area contributed by atoms with Gasteiger partial charge < -0.3 is 25.0 Å². The van der Waals surface area contributed by atoms with Gasteiger partial charge in [-0.05, 0) is 57.5 Å². The third kappa shape index (κ3) is 7.01. The summed E-state index contributed by atoms with van der Waals surface area (Å²) in [6.45, 7) is 6.76. The Hall–Kier alpha value is -3.55. The highest BCUT2D eigenvalue weighted by atomic mass is 16.6. The van der Waals surface area contributed by atoms with E-state index in [-0.39, 0.29) is 5.91 Å². The Balaban J connectivity index is 2.20. The Morgan fingerprint density at radius 3 is 2.09 bits per heavy atom. The molecule has 3 amide bonds. The van der Waals surface area contributed by atoms with Crippen LogP contribution in [0.25, 0.3) is 0 Å². The number of hydrogen-bond donors (Lipinski definition) is 2. The molecule has 2 unspecified atom stereocenters. The second-order valence-electron chi connectivity index (χ2n) is 8.35. The predicted octanol–water partition coefficient (Wildman–Crippen LogP) is 3.75. The fourth-order valence-electron chi connectivity index (χ4n) is 3.05. The standard InChI is InChI=1S/C24H31N3O5/c1-16(25-23(30)32-24(2,3)4)22(29)27(5)20(17-10-8-7-9-11-17)21(28)26-18-12-14-19(31-6)15-13-18/h7-16,20H,1-6H3,(H,25,30)(H,26,28). The zero-order valence-corrected chi connectivity index (χ0v) is 19.3. The Morgan fingerprint density at radius 1 is 0.969 bits per heavy atom. The minimum absolute atomic E-state index is 0.387. The van der Waals surface area contributed by atoms with Crippen molar-refractivity contribution in [2.75, 3.05) is 19.5 Å². The Morgan fingerprint density at radius 2 is 1.56 bits per heavy atom. The second-order valence-corrected chi connectivity index (χ2v) is 8.35. The normalized spacial score (nSPS) is 12.8. The molecule has 0 radical (unpaired) electrons. The zero-order chi connectivity index (χ0) is 23.9. The van der Waals surface area contributed by atoms with Crippen LogP contribution < -0.4 is 15.4 Å². The molecule has 0 saturated carbocycles. The van der Waals surface area contributed by atoms with Crippen LogP contribution in [0.5, 0.6) is 5.75 Å². The largest absolute Gasteiger partial charge is 0.497 e. The van der Waals surface area contributed by atoms with Crippen LogP contribution in [0.4, 0.5) is 10.5 Å². The van der Waals surface area contributed by atoms with Gasteiger partial charge in [0.2, 0.25) is 5.91 Å². The summed E-state index contributed by atoms with van der Waals surface area (Å²) in [6.07, 6.45) is -0.703. The molecule has 0 fully saturated rings. The molecule has 2 aromatic rings. The molecule has 2 aromatic carbocycles. The van der Waals surface area contributed by atoms with Gasteiger partial charge in [-0.2, -0.15) is 0 Å². The summed E-state index contributed by atoms with van der Waals surface area (Å²) in [5, 5.41) is 5.36. The van der Waals surface area contributed by atoms with Gasteiger partial charge in [-0.1, -0.05) is 30.3 Å². The molecule has 8 nitrogen and oxygen atoms in total. The molecule has 0 aromatic heterocycles. The molecule has 172 valence electrons. The van der Waals surface area contributed by atoms with Crippen LogP contribution in [0.15, 0.2) is 54.6 Å². The molecule has 2 N–H and O–H groups in total. The average Bonchev–Trinajstić information content (AvgIpc) is 2.73. The summed E-state index contributed by atoms with van der Waals surface area (Å²) < 4.78 is 10.4. The number of nitrogens with one attached hydrogen (secondary N) is 2. The van der Waals surface area contributed by atoms with Gasteiger partial charge in [0, 0.05) is 12.7 Å². The molecule has 0 saturated heterocycles. The fraction of sp³-hybridized carbons (Fsp3) is 0.375. The number of carbonyl (C=O) groups excluding carboxylic acids is 3. The minimum atomic E-state index is -0.909. The zero-order valence-electron chi connectivity index (χ0n) is 19.3. The highest BCUT2D eigenvalue weighted by Gasteiger charge is 2.32. The van der Waals surface area contributed by atoms with Crippen molar-refractivity contribution in [3.63, 3.8) is 0 Å². The number of nitrogens with zero attached hydrogens (tertiary/aromatic N) is 1. The highest BCUT2D eigenvalue weighted by molar-refractivity contribution is 5.98. The number of ether oxygens (including phenoxy) is 2. The van der Waals surface area contributed by atoms with E-state index in [2.05, 4.69) is 10.6 Å². The number of alkyl carbamates (subject to hydrolysis) is 1. The molecule has 0 spiro atoms. The number of anilines is 1. The number of rotatable bonds is 7. The van der Waals surface area contributed by atoms with Crippen LogP contribution in [0, 0.1) is 0 Å². The lowest BCUT2D eigenvalue weighted by Crippen LogP contribution is -2.49. The molecule has 2 atom stereocenters. The second kappa shape index (κ2) is 10.7. The third-order valence-electron chi connectivity index (χ3n) is 4.56. The van der Waals surface area contributed by atoms with Gasteiger partial charge in [0.1, 0.15) is 23.4 Å². The summed E-state index contributed by atoms with van der Waals surface area (Å²) in [5.74, 6) is -0.159. The number of amides is 3. The summed E-state index contributed by atoms with van der Waals surface area (Å²) >= 11 is 0. The fourth-order valence-corrected chi connectivity index (χ4v) is 3.05. The van der Waals surface area contributed by atoms with Crippen molar-refractivity contribution in [2.45, 2.75) is 45.4 Å². The maximum absolute atomic E-state index is 13.2. The highest BCUT2D eigenvalue weighted by Crippen LogP contribution is 2.23. The summed E-state index contributed by atoms with van der Waals surface area (Å²) in [6, 6.07) is 14.1. The van der Waals surface area contributed by atoms with Crippen LogP contribution in [-0.2, 0) is 14.3 Å². The van der Waals surface area contributed by atoms with Crippen LogP contribution in [0.2, 0.25) is 0 Å². The van der Waals surface area contributed by atoms with Crippen LogP contribution >= 0.6 is 0 Å². The molecule has 2 rings (SSSR count). The lowest BCUT2D eigenvalue weighted by Gasteiger charge is -2.30. The van der Waals surface area contributed by atoms with Gasteiger partial charge in [-0.15, -0.1) is 0 Å². The smallest absolute Gasteiger partial charge is 0.408 e. The van der Waals surface area contributed by atoms with Crippen LogP contribution in [0.1, 0.15) is 39.3 Å². The molecule has 8 heteroatoms. The summed E-state index contributed by atoms with van der Waals surface area (Å²) in [4.78, 5) is 39.6. The van der Waals surface area contributed by atoms with Crippen LogP contribution in [-0.4, -0.2) is 48.6 Å². The van der Waals surface area contributed by atoms with Gasteiger partial charge in [0.15, 0.2) is 0 Å². The number of likely N-dealkylation sites (N-methyl/N-ethyl adjacent to an activating group) is 1. The van der Waals surface area contributed by atoms with E-state index in [0.29, 0.717) is 17.0 Å². The van der Waals surface area contributed by atoms with E-state index in [9.17, 15) is 14.4 Å². The monoisotopic (exact) mass is 441 g/mol. The van der Waals surface area contributed by atoms with Crippen molar-refractivity contribution in [1.29, 1.82) is 0 Å². The van der Waals surface area contributed by atoms with Gasteiger partial charge in [0.05, 0.1) is 7.11 Å². The van der Waals surface area contributed by atoms with Gasteiger partial charge in [-0.3, -0.25) is 9.59 Å². The minimum Gasteiger partial charge on any atom is -0.497 e. The van der Waals surface area contributed by atoms with E-state index in [4.69, 9.17) is 9.47 Å². The van der Waals surface area contributed by atoms with Crippen molar-refractivity contribution in [3.05, 3.63) is 60.2 Å². The first kappa shape index (κ1) is 24.7. The maximum atomic E-state index is 13.2. The SMILES string of the molecule is COc1ccc(NC(=O)C(c2ccccc2)N(C)C(=O)C(C)NC(=O)OC(C)(C)C)cc1. The topological polar surface area (TPSA) is 97.0 Å². The van der Waals surface area contributed by atoms with E-state index in [1.807, 2.05) is 6.07 Å². The van der Waals surface area contributed by atoms with Crippen molar-refractivity contribution in [3.8, 4) is 5.75 Å². The first-order valence-electron chi connectivity index (χ1n) is 10.3. The molecular formula is C24H31N3O5. The molecule has 0 heterocycles. The van der Waals surface area contributed by atoms with Crippen molar-refractivity contribution >= 4 is 23.6 Å². The van der Waals surface area contributed by atoms with Crippen molar-refractivity contribution < 1.29 is 23.9 Å². The van der Waals surface area contributed by atoms with Crippen LogP contribution in [0.3, 0.4) is 0 Å². The number of carbonyl (C=O) groups is 3. The van der Waals surface area contributed by atoms with E-state index in [0.717, 1.165) is 0 Å². The Labute approximate surface area is 188 Å². The predicted molar refractivity (Wildman–Crippen MR) is 122 cm³/mol. The first-order valence-corrected chi connectivity index (χ1v) is 10.3. The lowest BCUT2D eigenvalue weighted by molar-refractivity contribution is -0.138. The van der Waals surface area contributed by atoms with Crippen molar-refractivity contribution in [2.24, 2.45) is 0 Å². The van der Waals surface area contributed by atoms with E-state index >= 15 is 0 Å². The number of methoxy groups -OCH3 is 1. The van der Waals surface area contributed by atoms with Crippen molar-refractivity contribution in [1.82, 2.24) is 10.2 Å². The molecule has 32 heavy (non-hydrogen) atoms. The maximum Gasteiger partial charge on any atom is 0.408 e. The average molecular weight is 442 g/mol. The number of hydrogen-bond acceptors (Lipinski definition) is 5. The molecule has 0 aliphatic carbocycles. The number of benzene rings is 2. The quantitative estimate of drug-likeness (QED) is 0.682. The first-order chi connectivity index (χ1) is 15.0.